The lowest BCUT2D eigenvalue weighted by Gasteiger charge is -2.08. The predicted molar refractivity (Wildman–Crippen MR) is 61.8 cm³/mol. The van der Waals surface area contributed by atoms with Gasteiger partial charge < -0.3 is 0 Å². The first-order chi connectivity index (χ1) is 6.76. The summed E-state index contributed by atoms with van der Waals surface area (Å²) in [6.07, 6.45) is 1.01. The zero-order chi connectivity index (χ0) is 10.4. The van der Waals surface area contributed by atoms with Gasteiger partial charge in [0, 0.05) is 16.0 Å². The molecular formula is C11H12ClNS. The first-order valence-electron chi connectivity index (χ1n) is 4.49. The fourth-order valence-electron chi connectivity index (χ4n) is 1.05. The fraction of sp³-hybridized carbons (Fsp3) is 0.364. The summed E-state index contributed by atoms with van der Waals surface area (Å²) in [6, 6.07) is 9.75. The van der Waals surface area contributed by atoms with Gasteiger partial charge in [0.05, 0.1) is 11.6 Å². The molecule has 0 bridgehead atoms. The zero-order valence-corrected chi connectivity index (χ0v) is 9.61. The van der Waals surface area contributed by atoms with E-state index in [4.69, 9.17) is 16.9 Å². The van der Waals surface area contributed by atoms with Crippen LogP contribution in [0.4, 0.5) is 0 Å². The van der Waals surface area contributed by atoms with Crippen molar-refractivity contribution in [2.75, 3.05) is 5.88 Å². The van der Waals surface area contributed by atoms with Crippen LogP contribution in [-0.2, 0) is 0 Å². The van der Waals surface area contributed by atoms with E-state index >= 15 is 0 Å². The van der Waals surface area contributed by atoms with Gasteiger partial charge in [-0.25, -0.2) is 0 Å². The minimum atomic E-state index is 0.528. The van der Waals surface area contributed by atoms with E-state index in [1.165, 1.54) is 4.90 Å². The monoisotopic (exact) mass is 225 g/mol. The van der Waals surface area contributed by atoms with Crippen LogP contribution in [0.15, 0.2) is 29.2 Å². The van der Waals surface area contributed by atoms with Crippen molar-refractivity contribution in [1.29, 1.82) is 5.26 Å². The Hall–Kier alpha value is -0.650. The van der Waals surface area contributed by atoms with E-state index < -0.39 is 0 Å². The molecule has 1 unspecified atom stereocenters. The van der Waals surface area contributed by atoms with Crippen LogP contribution >= 0.6 is 23.4 Å². The third kappa shape index (κ3) is 3.61. The van der Waals surface area contributed by atoms with E-state index in [-0.39, 0.29) is 0 Å². The lowest BCUT2D eigenvalue weighted by Crippen LogP contribution is -1.95. The Labute approximate surface area is 94.1 Å². The molecule has 0 aliphatic heterocycles. The smallest absolute Gasteiger partial charge is 0.0991 e. The quantitative estimate of drug-likeness (QED) is 0.577. The molecule has 1 atom stereocenters. The number of halogens is 1. The minimum absolute atomic E-state index is 0.528. The standard InChI is InChI=1S/C11H12ClNS/c1-9(6-7-12)14-11-4-2-10(8-13)3-5-11/h2-5,9H,6-7H2,1H3. The van der Waals surface area contributed by atoms with E-state index in [1.807, 2.05) is 24.3 Å². The molecule has 1 aromatic carbocycles. The highest BCUT2D eigenvalue weighted by atomic mass is 35.5. The highest BCUT2D eigenvalue weighted by Crippen LogP contribution is 2.25. The van der Waals surface area contributed by atoms with Crippen molar-refractivity contribution in [2.24, 2.45) is 0 Å². The normalized spacial score (nSPS) is 12.1. The van der Waals surface area contributed by atoms with Crippen LogP contribution < -0.4 is 0 Å². The molecule has 0 amide bonds. The molecule has 0 heterocycles. The van der Waals surface area contributed by atoms with Gasteiger partial charge in [0.15, 0.2) is 0 Å². The van der Waals surface area contributed by atoms with E-state index in [9.17, 15) is 0 Å². The Morgan fingerprint density at radius 2 is 2.07 bits per heavy atom. The molecule has 0 saturated carbocycles. The van der Waals surface area contributed by atoms with Crippen molar-refractivity contribution in [3.05, 3.63) is 29.8 Å². The summed E-state index contributed by atoms with van der Waals surface area (Å²) in [5.41, 5.74) is 0.708. The molecule has 14 heavy (non-hydrogen) atoms. The fourth-order valence-corrected chi connectivity index (χ4v) is 2.50. The number of thioether (sulfide) groups is 1. The number of benzene rings is 1. The summed E-state index contributed by atoms with van der Waals surface area (Å²) in [5.74, 6) is 0.699. The van der Waals surface area contributed by atoms with Crippen molar-refractivity contribution in [3.63, 3.8) is 0 Å². The van der Waals surface area contributed by atoms with Gasteiger partial charge in [-0.05, 0) is 30.7 Å². The van der Waals surface area contributed by atoms with E-state index in [2.05, 4.69) is 13.0 Å². The summed E-state index contributed by atoms with van der Waals surface area (Å²) in [7, 11) is 0. The molecule has 0 saturated heterocycles. The second-order valence-electron chi connectivity index (χ2n) is 3.04. The SMILES string of the molecule is CC(CCCl)Sc1ccc(C#N)cc1. The molecule has 74 valence electrons. The maximum atomic E-state index is 8.62. The van der Waals surface area contributed by atoms with Crippen molar-refractivity contribution in [2.45, 2.75) is 23.5 Å². The molecule has 0 aliphatic rings. The van der Waals surface area contributed by atoms with Gasteiger partial charge in [-0.15, -0.1) is 23.4 Å². The highest BCUT2D eigenvalue weighted by Gasteiger charge is 2.03. The van der Waals surface area contributed by atoms with Crippen LogP contribution in [0.1, 0.15) is 18.9 Å². The topological polar surface area (TPSA) is 23.8 Å². The Bertz CT molecular complexity index is 315. The molecule has 0 N–H and O–H groups in total. The van der Waals surface area contributed by atoms with Crippen LogP contribution in [0.2, 0.25) is 0 Å². The molecule has 0 fully saturated rings. The Morgan fingerprint density at radius 3 is 2.57 bits per heavy atom. The van der Waals surface area contributed by atoms with E-state index in [0.29, 0.717) is 16.7 Å². The molecule has 3 heteroatoms. The van der Waals surface area contributed by atoms with Gasteiger partial charge in [-0.1, -0.05) is 6.92 Å². The predicted octanol–water partition coefficient (Wildman–Crippen LogP) is 3.67. The van der Waals surface area contributed by atoms with Crippen molar-refractivity contribution in [1.82, 2.24) is 0 Å². The lowest BCUT2D eigenvalue weighted by molar-refractivity contribution is 0.912. The molecule has 1 nitrogen and oxygen atoms in total. The second-order valence-corrected chi connectivity index (χ2v) is 4.93. The average molecular weight is 226 g/mol. The largest absolute Gasteiger partial charge is 0.192 e. The van der Waals surface area contributed by atoms with Crippen molar-refractivity contribution >= 4 is 23.4 Å². The number of hydrogen-bond donors (Lipinski definition) is 0. The molecule has 1 rings (SSSR count). The van der Waals surface area contributed by atoms with Crippen LogP contribution in [0.5, 0.6) is 0 Å². The summed E-state index contributed by atoms with van der Waals surface area (Å²) in [6.45, 7) is 2.16. The molecule has 0 radical (unpaired) electrons. The molecule has 1 aromatic rings. The summed E-state index contributed by atoms with van der Waals surface area (Å²) < 4.78 is 0. The summed E-state index contributed by atoms with van der Waals surface area (Å²) in [4.78, 5) is 1.20. The first kappa shape index (κ1) is 11.4. The maximum Gasteiger partial charge on any atom is 0.0991 e. The first-order valence-corrected chi connectivity index (χ1v) is 5.90. The van der Waals surface area contributed by atoms with Crippen LogP contribution in [0.3, 0.4) is 0 Å². The summed E-state index contributed by atoms with van der Waals surface area (Å²) >= 11 is 7.45. The number of rotatable bonds is 4. The van der Waals surface area contributed by atoms with Gasteiger partial charge >= 0.3 is 0 Å². The van der Waals surface area contributed by atoms with Gasteiger partial charge in [-0.2, -0.15) is 5.26 Å². The van der Waals surface area contributed by atoms with Crippen molar-refractivity contribution < 1.29 is 0 Å². The third-order valence-corrected chi connectivity index (χ3v) is 3.24. The Morgan fingerprint density at radius 1 is 1.43 bits per heavy atom. The molecular weight excluding hydrogens is 214 g/mol. The Balaban J connectivity index is 2.56. The van der Waals surface area contributed by atoms with Gasteiger partial charge in [-0.3, -0.25) is 0 Å². The third-order valence-electron chi connectivity index (χ3n) is 1.84. The van der Waals surface area contributed by atoms with Gasteiger partial charge in [0.25, 0.3) is 0 Å². The van der Waals surface area contributed by atoms with Crippen molar-refractivity contribution in [3.8, 4) is 6.07 Å². The van der Waals surface area contributed by atoms with E-state index in [1.54, 1.807) is 11.8 Å². The number of alkyl halides is 1. The molecule has 0 aliphatic carbocycles. The van der Waals surface area contributed by atoms with Crippen LogP contribution in [0.25, 0.3) is 0 Å². The second kappa shape index (κ2) is 5.95. The van der Waals surface area contributed by atoms with E-state index in [0.717, 1.165) is 6.42 Å². The highest BCUT2D eigenvalue weighted by molar-refractivity contribution is 7.99. The number of nitrogens with zero attached hydrogens (tertiary/aromatic N) is 1. The molecule has 0 aromatic heterocycles. The lowest BCUT2D eigenvalue weighted by atomic mass is 10.2. The zero-order valence-electron chi connectivity index (χ0n) is 8.03. The van der Waals surface area contributed by atoms with Gasteiger partial charge in [0.1, 0.15) is 0 Å². The molecule has 0 spiro atoms. The Kier molecular flexibility index (Phi) is 4.86. The van der Waals surface area contributed by atoms with Crippen LogP contribution in [0, 0.1) is 11.3 Å². The summed E-state index contributed by atoms with van der Waals surface area (Å²) in [5, 5.41) is 9.15. The minimum Gasteiger partial charge on any atom is -0.192 e. The number of hydrogen-bond acceptors (Lipinski definition) is 2. The average Bonchev–Trinajstić information content (AvgIpc) is 2.19. The van der Waals surface area contributed by atoms with Gasteiger partial charge in [0.2, 0.25) is 0 Å². The maximum absolute atomic E-state index is 8.62. The van der Waals surface area contributed by atoms with Crippen LogP contribution in [-0.4, -0.2) is 11.1 Å². The number of nitriles is 1.